The second-order valence-electron chi connectivity index (χ2n) is 5.29. The Morgan fingerprint density at radius 2 is 1.81 bits per heavy atom. The van der Waals surface area contributed by atoms with Crippen molar-refractivity contribution in [1.82, 2.24) is 0 Å². The molecule has 0 aromatic heterocycles. The number of amides is 1. The fourth-order valence-electron chi connectivity index (χ4n) is 2.80. The molecule has 5 nitrogen and oxygen atoms in total. The molecule has 0 saturated carbocycles. The minimum absolute atomic E-state index is 0.0883. The second kappa shape index (κ2) is 6.22. The quantitative estimate of drug-likeness (QED) is 0.772. The van der Waals surface area contributed by atoms with Gasteiger partial charge in [-0.15, -0.1) is 13.2 Å². The highest BCUT2D eigenvalue weighted by molar-refractivity contribution is 6.13. The van der Waals surface area contributed by atoms with Crippen LogP contribution in [0.5, 0.6) is 11.5 Å². The third-order valence-corrected chi connectivity index (χ3v) is 3.81. The van der Waals surface area contributed by atoms with Gasteiger partial charge >= 0.3 is 6.36 Å². The lowest BCUT2D eigenvalue weighted by atomic mass is 10.0. The molecule has 0 fully saturated rings. The first-order chi connectivity index (χ1) is 12.3. The summed E-state index contributed by atoms with van der Waals surface area (Å²) in [5.74, 6) is -1.82. The average molecular weight is 366 g/mol. The van der Waals surface area contributed by atoms with Crippen LogP contribution < -0.4 is 14.4 Å². The van der Waals surface area contributed by atoms with Crippen molar-refractivity contribution in [2.45, 2.75) is 12.4 Å². The van der Waals surface area contributed by atoms with E-state index in [2.05, 4.69) is 4.74 Å². The van der Waals surface area contributed by atoms with E-state index in [1.54, 1.807) is 0 Å². The maximum atomic E-state index is 14.2. The number of anilines is 1. The van der Waals surface area contributed by atoms with E-state index in [0.717, 1.165) is 23.1 Å². The minimum Gasteiger partial charge on any atom is -0.496 e. The van der Waals surface area contributed by atoms with Crippen molar-refractivity contribution in [3.05, 3.63) is 53.3 Å². The topological polar surface area (TPSA) is 62.6 Å². The summed E-state index contributed by atoms with van der Waals surface area (Å²) in [6.45, 7) is 0. The fraction of sp³-hybridized carbons (Fsp3) is 0.176. The lowest BCUT2D eigenvalue weighted by molar-refractivity contribution is -0.274. The van der Waals surface area contributed by atoms with E-state index in [-0.39, 0.29) is 22.6 Å². The SMILES string of the molecule is COc1ccc(F)c2c1C(=O)N(c1ccc(OC(F)(F)F)cc1)C2C#N. The lowest BCUT2D eigenvalue weighted by Gasteiger charge is -2.20. The van der Waals surface area contributed by atoms with Crippen molar-refractivity contribution < 1.29 is 31.8 Å². The van der Waals surface area contributed by atoms with Crippen molar-refractivity contribution in [2.24, 2.45) is 0 Å². The monoisotopic (exact) mass is 366 g/mol. The molecule has 3 rings (SSSR count). The van der Waals surface area contributed by atoms with Crippen LogP contribution in [0.2, 0.25) is 0 Å². The molecule has 0 spiro atoms. The molecule has 2 aromatic rings. The summed E-state index contributed by atoms with van der Waals surface area (Å²) in [7, 11) is 1.30. The van der Waals surface area contributed by atoms with Crippen molar-refractivity contribution in [2.75, 3.05) is 12.0 Å². The highest BCUT2D eigenvalue weighted by atomic mass is 19.4. The van der Waals surface area contributed by atoms with E-state index in [9.17, 15) is 27.6 Å². The Labute approximate surface area is 145 Å². The van der Waals surface area contributed by atoms with Crippen molar-refractivity contribution in [1.29, 1.82) is 5.26 Å². The third kappa shape index (κ3) is 2.90. The first-order valence-electron chi connectivity index (χ1n) is 7.22. The Bertz CT molecular complexity index is 904. The number of hydrogen-bond donors (Lipinski definition) is 0. The van der Waals surface area contributed by atoms with Crippen LogP contribution in [0.25, 0.3) is 0 Å². The number of fused-ring (bicyclic) bond motifs is 1. The number of hydrogen-bond acceptors (Lipinski definition) is 4. The van der Waals surface area contributed by atoms with Gasteiger partial charge < -0.3 is 9.47 Å². The van der Waals surface area contributed by atoms with E-state index in [4.69, 9.17) is 4.74 Å². The number of nitriles is 1. The Morgan fingerprint density at radius 1 is 1.15 bits per heavy atom. The number of nitrogens with zero attached hydrogens (tertiary/aromatic N) is 2. The van der Waals surface area contributed by atoms with E-state index in [1.165, 1.54) is 25.3 Å². The summed E-state index contributed by atoms with van der Waals surface area (Å²) in [6.07, 6.45) is -4.85. The lowest BCUT2D eigenvalue weighted by Crippen LogP contribution is -2.27. The molecule has 0 N–H and O–H groups in total. The minimum atomic E-state index is -4.85. The maximum Gasteiger partial charge on any atom is 0.573 e. The number of benzene rings is 2. The Hall–Kier alpha value is -3.28. The van der Waals surface area contributed by atoms with Gasteiger partial charge in [0.05, 0.1) is 18.7 Å². The van der Waals surface area contributed by atoms with Crippen molar-refractivity contribution in [3.8, 4) is 17.6 Å². The Kier molecular flexibility index (Phi) is 4.20. The smallest absolute Gasteiger partial charge is 0.496 e. The van der Waals surface area contributed by atoms with Gasteiger partial charge in [0.1, 0.15) is 17.3 Å². The number of rotatable bonds is 3. The van der Waals surface area contributed by atoms with Gasteiger partial charge in [-0.2, -0.15) is 5.26 Å². The molecule has 1 aliphatic heterocycles. The molecule has 134 valence electrons. The summed E-state index contributed by atoms with van der Waals surface area (Å²) in [5.41, 5.74) is -0.101. The highest BCUT2D eigenvalue weighted by Gasteiger charge is 2.42. The summed E-state index contributed by atoms with van der Waals surface area (Å²) in [4.78, 5) is 13.7. The van der Waals surface area contributed by atoms with E-state index in [1.807, 2.05) is 6.07 Å². The van der Waals surface area contributed by atoms with Gasteiger partial charge in [0.25, 0.3) is 5.91 Å². The number of carbonyl (C=O) groups is 1. The molecule has 2 aromatic carbocycles. The largest absolute Gasteiger partial charge is 0.573 e. The molecule has 1 atom stereocenters. The highest BCUT2D eigenvalue weighted by Crippen LogP contribution is 2.42. The molecule has 26 heavy (non-hydrogen) atoms. The van der Waals surface area contributed by atoms with Crippen LogP contribution in [0.1, 0.15) is 22.0 Å². The number of halogens is 4. The van der Waals surface area contributed by atoms with Gasteiger partial charge in [-0.25, -0.2) is 4.39 Å². The average Bonchev–Trinajstić information content (AvgIpc) is 2.88. The summed E-state index contributed by atoms with van der Waals surface area (Å²) in [6, 6.07) is 7.28. The summed E-state index contributed by atoms with van der Waals surface area (Å²) < 4.78 is 59.8. The van der Waals surface area contributed by atoms with Gasteiger partial charge in [-0.3, -0.25) is 9.69 Å². The molecule has 0 bridgehead atoms. The molecular formula is C17H10F4N2O3. The normalized spacial score (nSPS) is 16.2. The Balaban J connectivity index is 2.03. The molecule has 0 radical (unpaired) electrons. The van der Waals surface area contributed by atoms with Gasteiger partial charge in [-0.1, -0.05) is 0 Å². The number of methoxy groups -OCH3 is 1. The molecule has 1 aliphatic rings. The predicted molar refractivity (Wildman–Crippen MR) is 81.2 cm³/mol. The molecule has 1 heterocycles. The van der Waals surface area contributed by atoms with E-state index in [0.29, 0.717) is 0 Å². The first-order valence-corrected chi connectivity index (χ1v) is 7.22. The Morgan fingerprint density at radius 3 is 2.35 bits per heavy atom. The van der Waals surface area contributed by atoms with E-state index < -0.39 is 29.9 Å². The van der Waals surface area contributed by atoms with Crippen LogP contribution in [0.3, 0.4) is 0 Å². The van der Waals surface area contributed by atoms with Crippen LogP contribution in [-0.2, 0) is 0 Å². The number of ether oxygens (including phenoxy) is 2. The van der Waals surface area contributed by atoms with Gasteiger partial charge in [0, 0.05) is 11.3 Å². The van der Waals surface area contributed by atoms with Crippen LogP contribution in [0, 0.1) is 17.1 Å². The third-order valence-electron chi connectivity index (χ3n) is 3.81. The number of carbonyl (C=O) groups excluding carboxylic acids is 1. The maximum absolute atomic E-state index is 14.2. The van der Waals surface area contributed by atoms with Crippen molar-refractivity contribution in [3.63, 3.8) is 0 Å². The van der Waals surface area contributed by atoms with E-state index >= 15 is 0 Å². The van der Waals surface area contributed by atoms with Gasteiger partial charge in [0.15, 0.2) is 6.04 Å². The van der Waals surface area contributed by atoms with Crippen LogP contribution in [-0.4, -0.2) is 19.4 Å². The molecule has 0 aliphatic carbocycles. The van der Waals surface area contributed by atoms with Crippen molar-refractivity contribution >= 4 is 11.6 Å². The molecule has 1 unspecified atom stereocenters. The fourth-order valence-corrected chi connectivity index (χ4v) is 2.80. The molecule has 9 heteroatoms. The zero-order valence-corrected chi connectivity index (χ0v) is 13.2. The zero-order chi connectivity index (χ0) is 19.1. The van der Waals surface area contributed by atoms with Gasteiger partial charge in [0.2, 0.25) is 0 Å². The predicted octanol–water partition coefficient (Wildman–Crippen LogP) is 3.96. The molecule has 0 saturated heterocycles. The first kappa shape index (κ1) is 17.5. The molecular weight excluding hydrogens is 356 g/mol. The second-order valence-corrected chi connectivity index (χ2v) is 5.29. The summed E-state index contributed by atoms with van der Waals surface area (Å²) >= 11 is 0. The summed E-state index contributed by atoms with van der Waals surface area (Å²) in [5, 5.41) is 9.43. The van der Waals surface area contributed by atoms with Crippen LogP contribution in [0.15, 0.2) is 36.4 Å². The van der Waals surface area contributed by atoms with Crippen LogP contribution in [0.4, 0.5) is 23.2 Å². The number of alkyl halides is 3. The van der Waals surface area contributed by atoms with Gasteiger partial charge in [-0.05, 0) is 36.4 Å². The zero-order valence-electron chi connectivity index (χ0n) is 13.2. The molecule has 1 amide bonds. The standard InChI is InChI=1S/C17H10F4N2O3/c1-25-13-7-6-11(18)14-12(8-22)23(16(24)15(13)14)9-2-4-10(5-3-9)26-17(19,20)21/h2-7,12H,1H3. The van der Waals surface area contributed by atoms with Crippen LogP contribution >= 0.6 is 0 Å².